The van der Waals surface area contributed by atoms with Gasteiger partial charge in [0.25, 0.3) is 5.91 Å². The number of nitrogens with one attached hydrogen (secondary N) is 2. The summed E-state index contributed by atoms with van der Waals surface area (Å²) in [6, 6.07) is 21.2. The Morgan fingerprint density at radius 3 is 2.60 bits per heavy atom. The summed E-state index contributed by atoms with van der Waals surface area (Å²) in [7, 11) is 0. The van der Waals surface area contributed by atoms with Crippen molar-refractivity contribution in [3.05, 3.63) is 84.4 Å². The molecule has 0 saturated carbocycles. The van der Waals surface area contributed by atoms with Gasteiger partial charge in [0.1, 0.15) is 11.5 Å². The summed E-state index contributed by atoms with van der Waals surface area (Å²) in [4.78, 5) is 15.8. The van der Waals surface area contributed by atoms with Gasteiger partial charge in [-0.25, -0.2) is 5.43 Å². The number of furan rings is 1. The summed E-state index contributed by atoms with van der Waals surface area (Å²) in [6.45, 7) is 0. The predicted molar refractivity (Wildman–Crippen MR) is 97.5 cm³/mol. The molecule has 0 bridgehead atoms. The second-order valence-electron chi connectivity index (χ2n) is 5.50. The number of carbonyl (C=O) groups excluding carboxylic acids is 1. The van der Waals surface area contributed by atoms with E-state index in [0.717, 1.165) is 22.0 Å². The summed E-state index contributed by atoms with van der Waals surface area (Å²) in [5.41, 5.74) is 5.76. The normalized spacial score (nSPS) is 11.2. The van der Waals surface area contributed by atoms with Crippen LogP contribution < -0.4 is 5.43 Å². The molecule has 5 heteroatoms. The number of para-hydroxylation sites is 1. The average Bonchev–Trinajstić information content (AvgIpc) is 3.30. The average molecular weight is 329 g/mol. The van der Waals surface area contributed by atoms with E-state index in [1.165, 1.54) is 6.21 Å². The fraction of sp³-hybridized carbons (Fsp3) is 0. The first-order valence-electron chi connectivity index (χ1n) is 7.86. The number of hydrogen-bond acceptors (Lipinski definition) is 3. The summed E-state index contributed by atoms with van der Waals surface area (Å²) >= 11 is 0. The minimum Gasteiger partial charge on any atom is -0.463 e. The number of aromatic amines is 1. The van der Waals surface area contributed by atoms with E-state index in [-0.39, 0.29) is 5.91 Å². The van der Waals surface area contributed by atoms with Gasteiger partial charge in [-0.05, 0) is 23.8 Å². The van der Waals surface area contributed by atoms with Crippen LogP contribution in [0.3, 0.4) is 0 Å². The Bertz CT molecular complexity index is 1030. The highest BCUT2D eigenvalue weighted by Crippen LogP contribution is 2.32. The van der Waals surface area contributed by atoms with Gasteiger partial charge < -0.3 is 9.40 Å². The van der Waals surface area contributed by atoms with Gasteiger partial charge in [-0.1, -0.05) is 48.5 Å². The highest BCUT2D eigenvalue weighted by atomic mass is 16.3. The van der Waals surface area contributed by atoms with Gasteiger partial charge in [-0.3, -0.25) is 4.79 Å². The van der Waals surface area contributed by atoms with E-state index in [1.807, 2.05) is 54.6 Å². The third-order valence-corrected chi connectivity index (χ3v) is 3.90. The van der Waals surface area contributed by atoms with E-state index < -0.39 is 0 Å². The second-order valence-corrected chi connectivity index (χ2v) is 5.50. The predicted octanol–water partition coefficient (Wildman–Crippen LogP) is 4.19. The van der Waals surface area contributed by atoms with Gasteiger partial charge >= 0.3 is 0 Å². The minimum absolute atomic E-state index is 0.308. The molecule has 0 spiro atoms. The lowest BCUT2D eigenvalue weighted by Crippen LogP contribution is -2.18. The SMILES string of the molecule is O=C(N/N=C\c1ccco1)c1[nH]c2ccccc2c1-c1ccccc1. The van der Waals surface area contributed by atoms with Crippen molar-refractivity contribution in [2.75, 3.05) is 0 Å². The third kappa shape index (κ3) is 2.95. The van der Waals surface area contributed by atoms with Crippen molar-refractivity contribution in [2.45, 2.75) is 0 Å². The first-order chi connectivity index (χ1) is 12.3. The molecule has 5 nitrogen and oxygen atoms in total. The smallest absolute Gasteiger partial charge is 0.288 e. The van der Waals surface area contributed by atoms with Gasteiger partial charge in [0.2, 0.25) is 0 Å². The Balaban J connectivity index is 1.72. The molecule has 0 aliphatic heterocycles. The lowest BCUT2D eigenvalue weighted by Gasteiger charge is -2.04. The standard InChI is InChI=1S/C20H15N3O2/c24-20(23-21-13-15-9-6-12-25-15)19-18(14-7-2-1-3-8-14)16-10-4-5-11-17(16)22-19/h1-13,22H,(H,23,24)/b21-13-. The van der Waals surface area contributed by atoms with Crippen molar-refractivity contribution < 1.29 is 9.21 Å². The number of aromatic nitrogens is 1. The zero-order valence-corrected chi connectivity index (χ0v) is 13.3. The molecule has 0 saturated heterocycles. The molecule has 0 aliphatic carbocycles. The number of fused-ring (bicyclic) bond motifs is 1. The molecule has 1 amide bonds. The van der Waals surface area contributed by atoms with Crippen LogP contribution >= 0.6 is 0 Å². The molecule has 2 N–H and O–H groups in total. The molecule has 2 heterocycles. The van der Waals surface area contributed by atoms with Crippen LogP contribution in [0.4, 0.5) is 0 Å². The summed E-state index contributed by atoms with van der Waals surface area (Å²) in [6.07, 6.45) is 3.01. The largest absolute Gasteiger partial charge is 0.463 e. The fourth-order valence-corrected chi connectivity index (χ4v) is 2.79. The number of amides is 1. The van der Waals surface area contributed by atoms with E-state index in [4.69, 9.17) is 4.42 Å². The number of rotatable bonds is 4. The number of benzene rings is 2. The van der Waals surface area contributed by atoms with Crippen molar-refractivity contribution in [3.8, 4) is 11.1 Å². The van der Waals surface area contributed by atoms with Crippen LogP contribution in [0.15, 0.2) is 82.5 Å². The van der Waals surface area contributed by atoms with Crippen LogP contribution in [-0.2, 0) is 0 Å². The van der Waals surface area contributed by atoms with Crippen molar-refractivity contribution in [2.24, 2.45) is 5.10 Å². The van der Waals surface area contributed by atoms with E-state index in [1.54, 1.807) is 18.4 Å². The second kappa shape index (κ2) is 6.49. The van der Waals surface area contributed by atoms with Gasteiger partial charge in [0.05, 0.1) is 12.5 Å². The molecule has 122 valence electrons. The van der Waals surface area contributed by atoms with Crippen LogP contribution in [0.1, 0.15) is 16.2 Å². The highest BCUT2D eigenvalue weighted by molar-refractivity contribution is 6.09. The number of hydrazone groups is 1. The molecule has 0 unspecified atom stereocenters. The molecule has 25 heavy (non-hydrogen) atoms. The number of carbonyl (C=O) groups is 1. The van der Waals surface area contributed by atoms with E-state index in [0.29, 0.717) is 11.5 Å². The van der Waals surface area contributed by atoms with Crippen LogP contribution in [0.2, 0.25) is 0 Å². The van der Waals surface area contributed by atoms with Gasteiger partial charge in [-0.2, -0.15) is 5.10 Å². The summed E-state index contributed by atoms with van der Waals surface area (Å²) in [5.74, 6) is 0.262. The monoisotopic (exact) mass is 329 g/mol. The fourth-order valence-electron chi connectivity index (χ4n) is 2.79. The zero-order valence-electron chi connectivity index (χ0n) is 13.3. The first kappa shape index (κ1) is 15.0. The molecule has 2 aromatic carbocycles. The van der Waals surface area contributed by atoms with Crippen molar-refractivity contribution >= 4 is 23.0 Å². The molecule has 0 aliphatic rings. The number of nitrogens with zero attached hydrogens (tertiary/aromatic N) is 1. The van der Waals surface area contributed by atoms with Crippen molar-refractivity contribution in [3.63, 3.8) is 0 Å². The quantitative estimate of drug-likeness (QED) is 0.435. The zero-order chi connectivity index (χ0) is 17.1. The summed E-state index contributed by atoms with van der Waals surface area (Å²) in [5, 5.41) is 4.95. The summed E-state index contributed by atoms with van der Waals surface area (Å²) < 4.78 is 5.15. The molecule has 4 rings (SSSR count). The minimum atomic E-state index is -0.308. The molecule has 2 aromatic heterocycles. The van der Waals surface area contributed by atoms with Gasteiger partial charge in [0, 0.05) is 16.5 Å². The van der Waals surface area contributed by atoms with E-state index in [2.05, 4.69) is 15.5 Å². The van der Waals surface area contributed by atoms with Gasteiger partial charge in [-0.15, -0.1) is 0 Å². The maximum Gasteiger partial charge on any atom is 0.288 e. The first-order valence-corrected chi connectivity index (χ1v) is 7.86. The third-order valence-electron chi connectivity index (χ3n) is 3.90. The van der Waals surface area contributed by atoms with Crippen LogP contribution in [0.5, 0.6) is 0 Å². The molecule has 4 aromatic rings. The number of hydrogen-bond donors (Lipinski definition) is 2. The Morgan fingerprint density at radius 1 is 1.00 bits per heavy atom. The maximum absolute atomic E-state index is 12.7. The maximum atomic E-state index is 12.7. The molecular formula is C20H15N3O2. The molecule has 0 atom stereocenters. The van der Waals surface area contributed by atoms with Crippen molar-refractivity contribution in [1.29, 1.82) is 0 Å². The van der Waals surface area contributed by atoms with E-state index >= 15 is 0 Å². The Hall–Kier alpha value is -3.60. The molecular weight excluding hydrogens is 314 g/mol. The van der Waals surface area contributed by atoms with Crippen LogP contribution in [0, 0.1) is 0 Å². The Morgan fingerprint density at radius 2 is 1.80 bits per heavy atom. The Kier molecular flexibility index (Phi) is 3.88. The highest BCUT2D eigenvalue weighted by Gasteiger charge is 2.18. The number of H-pyrrole nitrogens is 1. The van der Waals surface area contributed by atoms with E-state index in [9.17, 15) is 4.79 Å². The topological polar surface area (TPSA) is 70.4 Å². The lowest BCUT2D eigenvalue weighted by atomic mass is 10.0. The van der Waals surface area contributed by atoms with Crippen LogP contribution in [-0.4, -0.2) is 17.1 Å². The Labute approximate surface area is 144 Å². The van der Waals surface area contributed by atoms with Crippen molar-refractivity contribution in [1.82, 2.24) is 10.4 Å². The lowest BCUT2D eigenvalue weighted by molar-refractivity contribution is 0.0951. The van der Waals surface area contributed by atoms with Crippen LogP contribution in [0.25, 0.3) is 22.0 Å². The molecule has 0 fully saturated rings. The van der Waals surface area contributed by atoms with Gasteiger partial charge in [0.15, 0.2) is 0 Å². The molecule has 0 radical (unpaired) electrons.